The van der Waals surface area contributed by atoms with E-state index in [0.717, 1.165) is 18.3 Å². The fraction of sp³-hybridized carbons (Fsp3) is 1.00. The van der Waals surface area contributed by atoms with Crippen LogP contribution < -0.4 is 0 Å². The third-order valence-electron chi connectivity index (χ3n) is 5.04. The Labute approximate surface area is 96.3 Å². The van der Waals surface area contributed by atoms with Crippen LogP contribution >= 0.6 is 0 Å². The second-order valence-corrected chi connectivity index (χ2v) is 6.01. The van der Waals surface area contributed by atoms with Crippen molar-refractivity contribution >= 4 is 6.71 Å². The van der Waals surface area contributed by atoms with Crippen molar-refractivity contribution in [2.24, 2.45) is 0 Å². The molecule has 2 bridgehead atoms. The minimum Gasteiger partial charge on any atom is -0.0856 e. The first-order valence-corrected chi connectivity index (χ1v) is 7.38. The van der Waals surface area contributed by atoms with E-state index in [9.17, 15) is 0 Å². The van der Waals surface area contributed by atoms with Gasteiger partial charge in [-0.1, -0.05) is 89.1 Å². The fourth-order valence-corrected chi connectivity index (χ4v) is 3.89. The molecule has 0 unspecified atom stereocenters. The van der Waals surface area contributed by atoms with Crippen LogP contribution in [0.5, 0.6) is 0 Å². The lowest BCUT2D eigenvalue weighted by atomic mass is 9.31. The lowest BCUT2D eigenvalue weighted by Crippen LogP contribution is -2.27. The highest BCUT2D eigenvalue weighted by Crippen LogP contribution is 2.42. The van der Waals surface area contributed by atoms with Crippen molar-refractivity contribution in [3.8, 4) is 0 Å². The first kappa shape index (κ1) is 11.5. The number of hydrogen-bond acceptors (Lipinski definition) is 0. The summed E-state index contributed by atoms with van der Waals surface area (Å²) in [7, 11) is 0. The normalized spacial score (nSPS) is 34.6. The molecule has 0 aromatic rings. The van der Waals surface area contributed by atoms with Gasteiger partial charge in [0.15, 0.2) is 0 Å². The molecule has 86 valence electrons. The van der Waals surface area contributed by atoms with Gasteiger partial charge in [-0.15, -0.1) is 0 Å². The zero-order chi connectivity index (χ0) is 10.5. The summed E-state index contributed by atoms with van der Waals surface area (Å²) in [6.07, 6.45) is 16.7. The third-order valence-corrected chi connectivity index (χ3v) is 5.04. The Balaban J connectivity index is 1.92. The number of fused-ring (bicyclic) bond motifs is 2. The highest BCUT2D eigenvalue weighted by Gasteiger charge is 2.31. The molecule has 0 N–H and O–H groups in total. The first-order chi connectivity index (χ1) is 7.38. The Kier molecular flexibility index (Phi) is 4.59. The van der Waals surface area contributed by atoms with Crippen molar-refractivity contribution in [3.63, 3.8) is 0 Å². The molecule has 0 aromatic heterocycles. The largest absolute Gasteiger partial charge is 0.143 e. The Morgan fingerprint density at radius 1 is 0.600 bits per heavy atom. The van der Waals surface area contributed by atoms with Gasteiger partial charge in [-0.05, 0) is 0 Å². The second kappa shape index (κ2) is 5.96. The minimum absolute atomic E-state index is 1.04. The summed E-state index contributed by atoms with van der Waals surface area (Å²) in [5.74, 6) is 2.17. The topological polar surface area (TPSA) is 0 Å². The Morgan fingerprint density at radius 2 is 1.00 bits per heavy atom. The molecule has 2 saturated heterocycles. The van der Waals surface area contributed by atoms with Crippen molar-refractivity contribution in [2.45, 2.75) is 89.1 Å². The third kappa shape index (κ3) is 3.26. The van der Waals surface area contributed by atoms with Gasteiger partial charge in [-0.2, -0.15) is 0 Å². The van der Waals surface area contributed by atoms with Crippen LogP contribution in [-0.4, -0.2) is 6.71 Å². The van der Waals surface area contributed by atoms with Crippen LogP contribution in [0.2, 0.25) is 18.5 Å². The summed E-state index contributed by atoms with van der Waals surface area (Å²) in [6.45, 7) is 3.59. The monoisotopic (exact) mass is 206 g/mol. The molecule has 0 saturated carbocycles. The molecule has 2 aliphatic rings. The van der Waals surface area contributed by atoms with Gasteiger partial charge in [0.2, 0.25) is 0 Å². The molecule has 0 aromatic carbocycles. The van der Waals surface area contributed by atoms with Gasteiger partial charge in [-0.3, -0.25) is 0 Å². The van der Waals surface area contributed by atoms with Crippen molar-refractivity contribution in [2.75, 3.05) is 0 Å². The lowest BCUT2D eigenvalue weighted by Gasteiger charge is -2.34. The summed E-state index contributed by atoms with van der Waals surface area (Å²) in [5.41, 5.74) is 0. The SMILES string of the molecule is CB1[C@@H]2CCCCCCCC[C@H]1CCC2. The molecule has 0 aliphatic carbocycles. The highest BCUT2D eigenvalue weighted by molar-refractivity contribution is 6.60. The van der Waals surface area contributed by atoms with E-state index in [0.29, 0.717) is 0 Å². The molecule has 2 aliphatic heterocycles. The molecule has 0 radical (unpaired) electrons. The van der Waals surface area contributed by atoms with Crippen molar-refractivity contribution < 1.29 is 0 Å². The maximum Gasteiger partial charge on any atom is 0.143 e. The zero-order valence-corrected chi connectivity index (χ0v) is 10.5. The van der Waals surface area contributed by atoms with E-state index in [-0.39, 0.29) is 0 Å². The maximum atomic E-state index is 2.55. The van der Waals surface area contributed by atoms with Gasteiger partial charge >= 0.3 is 0 Å². The summed E-state index contributed by atoms with van der Waals surface area (Å²) in [5, 5.41) is 0. The van der Waals surface area contributed by atoms with E-state index in [1.165, 1.54) is 70.6 Å². The Hall–Kier alpha value is 0.0649. The smallest absolute Gasteiger partial charge is 0.0856 e. The van der Waals surface area contributed by atoms with Crippen LogP contribution in [0.3, 0.4) is 0 Å². The standard InChI is InChI=1S/C14H27B/c1-15-13-9-6-4-2-3-5-7-10-14(15)12-8-11-13/h13-14H,2-12H2,1H3/t13-,14+. The van der Waals surface area contributed by atoms with E-state index in [1.807, 2.05) is 0 Å². The first-order valence-electron chi connectivity index (χ1n) is 7.38. The van der Waals surface area contributed by atoms with Crippen LogP contribution in [0.25, 0.3) is 0 Å². The van der Waals surface area contributed by atoms with Gasteiger partial charge in [0.1, 0.15) is 6.71 Å². The van der Waals surface area contributed by atoms with Crippen LogP contribution in [0, 0.1) is 0 Å². The van der Waals surface area contributed by atoms with E-state index >= 15 is 0 Å². The molecule has 2 rings (SSSR count). The number of rotatable bonds is 0. The quantitative estimate of drug-likeness (QED) is 0.479. The van der Waals surface area contributed by atoms with E-state index in [1.54, 1.807) is 0 Å². The Bertz CT molecular complexity index is 160. The highest BCUT2D eigenvalue weighted by atomic mass is 14.2. The fourth-order valence-electron chi connectivity index (χ4n) is 3.89. The van der Waals surface area contributed by atoms with Gasteiger partial charge in [-0.25, -0.2) is 0 Å². The van der Waals surface area contributed by atoms with Crippen LogP contribution in [-0.2, 0) is 0 Å². The molecule has 2 heterocycles. The molecule has 0 amide bonds. The van der Waals surface area contributed by atoms with Gasteiger partial charge in [0, 0.05) is 0 Å². The predicted octanol–water partition coefficient (Wildman–Crippen LogP) is 5.17. The molecular formula is C14H27B. The van der Waals surface area contributed by atoms with E-state index in [4.69, 9.17) is 0 Å². The van der Waals surface area contributed by atoms with E-state index in [2.05, 4.69) is 6.82 Å². The molecule has 2 atom stereocenters. The van der Waals surface area contributed by atoms with Gasteiger partial charge < -0.3 is 0 Å². The Morgan fingerprint density at radius 3 is 1.53 bits per heavy atom. The molecule has 0 spiro atoms. The van der Waals surface area contributed by atoms with E-state index < -0.39 is 0 Å². The predicted molar refractivity (Wildman–Crippen MR) is 69.9 cm³/mol. The lowest BCUT2D eigenvalue weighted by molar-refractivity contribution is 0.503. The average Bonchev–Trinajstić information content (AvgIpc) is 2.28. The molecule has 2 fully saturated rings. The van der Waals surface area contributed by atoms with Crippen molar-refractivity contribution in [1.82, 2.24) is 0 Å². The molecule has 0 nitrogen and oxygen atoms in total. The summed E-state index contributed by atoms with van der Waals surface area (Å²) in [4.78, 5) is 0. The number of hydrogen-bond donors (Lipinski definition) is 0. The minimum atomic E-state index is 1.04. The average molecular weight is 206 g/mol. The van der Waals surface area contributed by atoms with Crippen LogP contribution in [0.4, 0.5) is 0 Å². The maximum absolute atomic E-state index is 2.55. The molecule has 15 heavy (non-hydrogen) atoms. The van der Waals surface area contributed by atoms with Crippen LogP contribution in [0.15, 0.2) is 0 Å². The van der Waals surface area contributed by atoms with Gasteiger partial charge in [0.25, 0.3) is 0 Å². The van der Waals surface area contributed by atoms with Gasteiger partial charge in [0.05, 0.1) is 0 Å². The summed E-state index contributed by atoms with van der Waals surface area (Å²) in [6, 6.07) is 0. The summed E-state index contributed by atoms with van der Waals surface area (Å²) < 4.78 is 0. The second-order valence-electron chi connectivity index (χ2n) is 6.01. The van der Waals surface area contributed by atoms with Crippen LogP contribution in [0.1, 0.15) is 70.6 Å². The van der Waals surface area contributed by atoms with Crippen molar-refractivity contribution in [3.05, 3.63) is 0 Å². The van der Waals surface area contributed by atoms with Crippen molar-refractivity contribution in [1.29, 1.82) is 0 Å². The zero-order valence-electron chi connectivity index (χ0n) is 10.5. The summed E-state index contributed by atoms with van der Waals surface area (Å²) >= 11 is 0. The molecule has 1 heteroatoms. The molecular weight excluding hydrogens is 179 g/mol.